The Morgan fingerprint density at radius 2 is 1.86 bits per heavy atom. The van der Waals surface area contributed by atoms with Crippen LogP contribution in [0.5, 0.6) is 0 Å². The summed E-state index contributed by atoms with van der Waals surface area (Å²) in [5.41, 5.74) is 1.48. The molecule has 7 nitrogen and oxygen atoms in total. The summed E-state index contributed by atoms with van der Waals surface area (Å²) in [5.74, 6) is 0.0388. The zero-order valence-corrected chi connectivity index (χ0v) is 16.5. The molecule has 148 valence electrons. The number of sulfonamides is 1. The molecule has 1 N–H and O–H groups in total. The van der Waals surface area contributed by atoms with E-state index in [1.165, 1.54) is 16.4 Å². The molecule has 1 fully saturated rings. The van der Waals surface area contributed by atoms with Gasteiger partial charge < -0.3 is 9.88 Å². The molecule has 3 heterocycles. The van der Waals surface area contributed by atoms with Crippen molar-refractivity contribution in [2.45, 2.75) is 37.1 Å². The number of rotatable bonds is 4. The topological polar surface area (TPSA) is 88.5 Å². The fourth-order valence-corrected chi connectivity index (χ4v) is 5.72. The van der Waals surface area contributed by atoms with Crippen molar-refractivity contribution in [3.8, 4) is 0 Å². The monoisotopic (exact) mass is 401 g/mol. The molecule has 1 saturated heterocycles. The minimum absolute atomic E-state index is 0.0202. The standard InChI is InChI=1S/C20H23N3O4S/c1-2-19(24)21-16-6-8-17(9-7-16)28(26,27)22-11-14-10-15(13-22)18-4-3-5-20(25)23(18)12-14/h3-9,14-15H,2,10-13H2,1H3,(H,21,24)/t14-,15+/m1/s1. The first kappa shape index (κ1) is 18.9. The second-order valence-electron chi connectivity index (χ2n) is 7.45. The molecule has 2 bridgehead atoms. The zero-order valence-electron chi connectivity index (χ0n) is 15.7. The van der Waals surface area contributed by atoms with E-state index in [-0.39, 0.29) is 28.2 Å². The number of carbonyl (C=O) groups is 1. The lowest BCUT2D eigenvalue weighted by Crippen LogP contribution is -2.48. The Balaban J connectivity index is 1.58. The quantitative estimate of drug-likeness (QED) is 0.849. The number of carbonyl (C=O) groups excluding carboxylic acids is 1. The van der Waals surface area contributed by atoms with E-state index in [0.29, 0.717) is 31.7 Å². The minimum atomic E-state index is -3.63. The van der Waals surface area contributed by atoms with Crippen LogP contribution in [0.3, 0.4) is 0 Å². The van der Waals surface area contributed by atoms with Crippen LogP contribution in [0.2, 0.25) is 0 Å². The molecule has 1 amide bonds. The molecule has 0 saturated carbocycles. The van der Waals surface area contributed by atoms with Gasteiger partial charge in [0, 0.05) is 49.4 Å². The molecule has 1 aromatic heterocycles. The summed E-state index contributed by atoms with van der Waals surface area (Å²) < 4.78 is 29.6. The Kier molecular flexibility index (Phi) is 4.84. The summed E-state index contributed by atoms with van der Waals surface area (Å²) in [7, 11) is -3.63. The van der Waals surface area contributed by atoms with E-state index in [1.807, 2.05) is 6.07 Å². The van der Waals surface area contributed by atoms with E-state index in [9.17, 15) is 18.0 Å². The lowest BCUT2D eigenvalue weighted by Gasteiger charge is -2.42. The third-order valence-electron chi connectivity index (χ3n) is 5.54. The fraction of sp³-hybridized carbons (Fsp3) is 0.400. The van der Waals surface area contributed by atoms with Crippen LogP contribution < -0.4 is 10.9 Å². The van der Waals surface area contributed by atoms with E-state index in [1.54, 1.807) is 35.8 Å². The highest BCUT2D eigenvalue weighted by Gasteiger charge is 2.39. The van der Waals surface area contributed by atoms with Gasteiger partial charge in [0.2, 0.25) is 15.9 Å². The Morgan fingerprint density at radius 1 is 1.11 bits per heavy atom. The molecule has 28 heavy (non-hydrogen) atoms. The van der Waals surface area contributed by atoms with Gasteiger partial charge in [0.15, 0.2) is 0 Å². The van der Waals surface area contributed by atoms with Gasteiger partial charge in [-0.05, 0) is 42.7 Å². The number of fused-ring (bicyclic) bond motifs is 4. The molecule has 2 aromatic rings. The third-order valence-corrected chi connectivity index (χ3v) is 7.39. The van der Waals surface area contributed by atoms with Gasteiger partial charge in [-0.1, -0.05) is 13.0 Å². The van der Waals surface area contributed by atoms with Crippen molar-refractivity contribution in [1.29, 1.82) is 0 Å². The van der Waals surface area contributed by atoms with E-state index >= 15 is 0 Å². The van der Waals surface area contributed by atoms with Gasteiger partial charge >= 0.3 is 0 Å². The SMILES string of the molecule is CCC(=O)Nc1ccc(S(=O)(=O)N2C[C@H]3C[C@@H](C2)c2cccc(=O)n2C3)cc1. The van der Waals surface area contributed by atoms with Crippen molar-refractivity contribution >= 4 is 21.6 Å². The highest BCUT2D eigenvalue weighted by molar-refractivity contribution is 7.89. The van der Waals surface area contributed by atoms with Crippen LogP contribution in [0.4, 0.5) is 5.69 Å². The molecule has 0 radical (unpaired) electrons. The molecular formula is C20H23N3O4S. The van der Waals surface area contributed by atoms with Crippen LogP contribution >= 0.6 is 0 Å². The predicted octanol–water partition coefficient (Wildman–Crippen LogP) is 2.00. The zero-order chi connectivity index (χ0) is 19.9. The van der Waals surface area contributed by atoms with Crippen LogP contribution in [0, 0.1) is 5.92 Å². The maximum Gasteiger partial charge on any atom is 0.250 e. The molecule has 0 spiro atoms. The molecule has 2 aliphatic heterocycles. The van der Waals surface area contributed by atoms with Gasteiger partial charge in [-0.15, -0.1) is 0 Å². The Hall–Kier alpha value is -2.45. The van der Waals surface area contributed by atoms with Gasteiger partial charge in [-0.2, -0.15) is 4.31 Å². The molecule has 2 atom stereocenters. The largest absolute Gasteiger partial charge is 0.326 e. The second kappa shape index (κ2) is 7.18. The number of hydrogen-bond donors (Lipinski definition) is 1. The lowest BCUT2D eigenvalue weighted by atomic mass is 9.84. The molecule has 0 unspecified atom stereocenters. The molecule has 4 rings (SSSR count). The van der Waals surface area contributed by atoms with Crippen molar-refractivity contribution in [3.63, 3.8) is 0 Å². The van der Waals surface area contributed by atoms with Gasteiger partial charge in [0.05, 0.1) is 4.90 Å². The summed E-state index contributed by atoms with van der Waals surface area (Å²) >= 11 is 0. The maximum atomic E-state index is 13.2. The summed E-state index contributed by atoms with van der Waals surface area (Å²) in [6.45, 7) is 3.09. The van der Waals surface area contributed by atoms with Crippen LogP contribution in [-0.2, 0) is 21.4 Å². The molecule has 1 aromatic carbocycles. The van der Waals surface area contributed by atoms with Crippen LogP contribution in [0.25, 0.3) is 0 Å². The number of hydrogen-bond acceptors (Lipinski definition) is 4. The van der Waals surface area contributed by atoms with E-state index in [4.69, 9.17) is 0 Å². The van der Waals surface area contributed by atoms with Crippen molar-refractivity contribution < 1.29 is 13.2 Å². The number of nitrogens with zero attached hydrogens (tertiary/aromatic N) is 2. The molecule has 2 aliphatic rings. The van der Waals surface area contributed by atoms with Gasteiger partial charge in [0.1, 0.15) is 0 Å². The Morgan fingerprint density at radius 3 is 2.57 bits per heavy atom. The third kappa shape index (κ3) is 3.38. The second-order valence-corrected chi connectivity index (χ2v) is 9.38. The predicted molar refractivity (Wildman–Crippen MR) is 106 cm³/mol. The maximum absolute atomic E-state index is 13.2. The summed E-state index contributed by atoms with van der Waals surface area (Å²) in [6, 6.07) is 11.5. The minimum Gasteiger partial charge on any atom is -0.326 e. The first-order chi connectivity index (χ1) is 13.4. The highest BCUT2D eigenvalue weighted by atomic mass is 32.2. The van der Waals surface area contributed by atoms with E-state index in [2.05, 4.69) is 5.32 Å². The van der Waals surface area contributed by atoms with Gasteiger partial charge in [0.25, 0.3) is 5.56 Å². The highest BCUT2D eigenvalue weighted by Crippen LogP contribution is 2.37. The molecule has 8 heteroatoms. The number of benzene rings is 1. The summed E-state index contributed by atoms with van der Waals surface area (Å²) in [4.78, 5) is 23.8. The van der Waals surface area contributed by atoms with Crippen molar-refractivity contribution in [2.24, 2.45) is 5.92 Å². The number of aromatic nitrogens is 1. The summed E-state index contributed by atoms with van der Waals surface area (Å²) in [6.07, 6.45) is 1.26. The first-order valence-electron chi connectivity index (χ1n) is 9.48. The molecular weight excluding hydrogens is 378 g/mol. The van der Waals surface area contributed by atoms with Crippen molar-refractivity contribution in [2.75, 3.05) is 18.4 Å². The Bertz CT molecular complexity index is 1060. The average Bonchev–Trinajstić information content (AvgIpc) is 2.69. The van der Waals surface area contributed by atoms with Crippen molar-refractivity contribution in [1.82, 2.24) is 8.87 Å². The number of amides is 1. The smallest absolute Gasteiger partial charge is 0.250 e. The fourth-order valence-electron chi connectivity index (χ4n) is 4.16. The number of anilines is 1. The number of nitrogens with one attached hydrogen (secondary N) is 1. The number of pyridine rings is 1. The lowest BCUT2D eigenvalue weighted by molar-refractivity contribution is -0.115. The average molecular weight is 401 g/mol. The first-order valence-corrected chi connectivity index (χ1v) is 10.9. The van der Waals surface area contributed by atoms with Crippen LogP contribution in [0.1, 0.15) is 31.4 Å². The molecule has 0 aliphatic carbocycles. The van der Waals surface area contributed by atoms with E-state index < -0.39 is 10.0 Å². The normalized spacial score (nSPS) is 21.8. The van der Waals surface area contributed by atoms with Gasteiger partial charge in [-0.3, -0.25) is 9.59 Å². The van der Waals surface area contributed by atoms with E-state index in [0.717, 1.165) is 12.1 Å². The van der Waals surface area contributed by atoms with Crippen LogP contribution in [0.15, 0.2) is 52.2 Å². The van der Waals surface area contributed by atoms with Crippen molar-refractivity contribution in [3.05, 3.63) is 58.5 Å². The van der Waals surface area contributed by atoms with Gasteiger partial charge in [-0.25, -0.2) is 8.42 Å². The Labute approximate surface area is 164 Å². The number of piperidine rings is 1. The van der Waals surface area contributed by atoms with Crippen LogP contribution in [-0.4, -0.2) is 36.3 Å². The summed E-state index contributed by atoms with van der Waals surface area (Å²) in [5, 5.41) is 2.72.